The summed E-state index contributed by atoms with van der Waals surface area (Å²) in [7, 11) is 0. The van der Waals surface area contributed by atoms with Gasteiger partial charge in [0.2, 0.25) is 0 Å². The highest BCUT2D eigenvalue weighted by atomic mass is 16.6. The minimum atomic E-state index is -0.182. The Hall–Kier alpha value is -0.770. The molecule has 4 heteroatoms. The van der Waals surface area contributed by atoms with Gasteiger partial charge >= 0.3 is 6.09 Å². The van der Waals surface area contributed by atoms with Crippen molar-refractivity contribution in [2.45, 2.75) is 26.3 Å². The van der Waals surface area contributed by atoms with Crippen LogP contribution in [-0.4, -0.2) is 43.3 Å². The average Bonchev–Trinajstić information content (AvgIpc) is 2.30. The zero-order valence-electron chi connectivity index (χ0n) is 8.38. The Balaban J connectivity index is 2.48. The number of rotatable bonds is 1. The van der Waals surface area contributed by atoms with Gasteiger partial charge in [-0.25, -0.2) is 4.79 Å². The monoisotopic (exact) mass is 186 g/mol. The maximum Gasteiger partial charge on any atom is 0.410 e. The van der Waals surface area contributed by atoms with E-state index >= 15 is 0 Å². The second-order valence-electron chi connectivity index (χ2n) is 3.28. The van der Waals surface area contributed by atoms with Crippen molar-refractivity contribution >= 4 is 6.09 Å². The van der Waals surface area contributed by atoms with E-state index in [1.165, 1.54) is 0 Å². The van der Waals surface area contributed by atoms with E-state index in [4.69, 9.17) is 4.74 Å². The van der Waals surface area contributed by atoms with Gasteiger partial charge in [0.25, 0.3) is 0 Å². The molecule has 1 fully saturated rings. The van der Waals surface area contributed by atoms with Gasteiger partial charge in [-0.05, 0) is 26.8 Å². The summed E-state index contributed by atoms with van der Waals surface area (Å²) < 4.78 is 4.97. The summed E-state index contributed by atoms with van der Waals surface area (Å²) in [4.78, 5) is 13.2. The van der Waals surface area contributed by atoms with Crippen LogP contribution in [0.4, 0.5) is 4.79 Å². The van der Waals surface area contributed by atoms with Gasteiger partial charge in [-0.15, -0.1) is 0 Å². The Bertz CT molecular complexity index is 173. The molecule has 0 spiro atoms. The van der Waals surface area contributed by atoms with Crippen molar-refractivity contribution in [1.82, 2.24) is 10.2 Å². The fourth-order valence-corrected chi connectivity index (χ4v) is 1.49. The molecule has 0 aromatic heterocycles. The van der Waals surface area contributed by atoms with E-state index < -0.39 is 0 Å². The number of nitrogens with one attached hydrogen (secondary N) is 1. The molecule has 1 amide bonds. The summed E-state index contributed by atoms with van der Waals surface area (Å²) in [5.74, 6) is 0. The van der Waals surface area contributed by atoms with Crippen molar-refractivity contribution in [1.29, 1.82) is 0 Å². The zero-order chi connectivity index (χ0) is 9.68. The fraction of sp³-hybridized carbons (Fsp3) is 0.889. The number of hydrogen-bond acceptors (Lipinski definition) is 3. The molecule has 0 saturated carbocycles. The van der Waals surface area contributed by atoms with Crippen LogP contribution in [0.1, 0.15) is 20.3 Å². The lowest BCUT2D eigenvalue weighted by atomic mass is 10.2. The molecule has 1 unspecified atom stereocenters. The van der Waals surface area contributed by atoms with Crippen molar-refractivity contribution in [2.24, 2.45) is 0 Å². The predicted molar refractivity (Wildman–Crippen MR) is 50.7 cm³/mol. The minimum absolute atomic E-state index is 0.182. The van der Waals surface area contributed by atoms with Crippen LogP contribution in [0.15, 0.2) is 0 Å². The highest BCUT2D eigenvalue weighted by Crippen LogP contribution is 2.07. The van der Waals surface area contributed by atoms with Gasteiger partial charge in [0.15, 0.2) is 0 Å². The fourth-order valence-electron chi connectivity index (χ4n) is 1.49. The molecule has 1 aliphatic heterocycles. The largest absolute Gasteiger partial charge is 0.450 e. The van der Waals surface area contributed by atoms with Crippen molar-refractivity contribution in [3.05, 3.63) is 0 Å². The van der Waals surface area contributed by atoms with Crippen molar-refractivity contribution in [3.63, 3.8) is 0 Å². The van der Waals surface area contributed by atoms with Crippen LogP contribution in [0.5, 0.6) is 0 Å². The van der Waals surface area contributed by atoms with Gasteiger partial charge < -0.3 is 15.0 Å². The van der Waals surface area contributed by atoms with Gasteiger partial charge in [-0.2, -0.15) is 0 Å². The van der Waals surface area contributed by atoms with E-state index in [1.807, 2.05) is 6.92 Å². The van der Waals surface area contributed by atoms with E-state index in [0.717, 1.165) is 26.1 Å². The number of carbonyl (C=O) groups is 1. The second-order valence-corrected chi connectivity index (χ2v) is 3.28. The van der Waals surface area contributed by atoms with Crippen molar-refractivity contribution < 1.29 is 9.53 Å². The summed E-state index contributed by atoms with van der Waals surface area (Å²) in [6, 6.07) is 0.286. The molecule has 1 aliphatic rings. The molecule has 0 aliphatic carbocycles. The van der Waals surface area contributed by atoms with Crippen LogP contribution in [0.25, 0.3) is 0 Å². The summed E-state index contributed by atoms with van der Waals surface area (Å²) >= 11 is 0. The van der Waals surface area contributed by atoms with Crippen LogP contribution in [0.3, 0.4) is 0 Å². The number of amides is 1. The molecule has 1 atom stereocenters. The van der Waals surface area contributed by atoms with E-state index in [2.05, 4.69) is 12.2 Å². The van der Waals surface area contributed by atoms with Crippen LogP contribution >= 0.6 is 0 Å². The van der Waals surface area contributed by atoms with Crippen LogP contribution in [0.2, 0.25) is 0 Å². The molecule has 1 saturated heterocycles. The minimum Gasteiger partial charge on any atom is -0.450 e. The van der Waals surface area contributed by atoms with Crippen molar-refractivity contribution in [2.75, 3.05) is 26.2 Å². The first kappa shape index (κ1) is 10.3. The third-order valence-corrected chi connectivity index (χ3v) is 2.30. The SMILES string of the molecule is CCOC(=O)N1CCNCCC1C. The lowest BCUT2D eigenvalue weighted by Gasteiger charge is -2.25. The quantitative estimate of drug-likeness (QED) is 0.659. The molecular formula is C9H18N2O2. The Kier molecular flexibility index (Phi) is 4.02. The number of hydrogen-bond donors (Lipinski definition) is 1. The molecule has 0 radical (unpaired) electrons. The van der Waals surface area contributed by atoms with Gasteiger partial charge in [-0.1, -0.05) is 0 Å². The smallest absolute Gasteiger partial charge is 0.410 e. The molecule has 1 N–H and O–H groups in total. The Labute approximate surface area is 79.2 Å². The van der Waals surface area contributed by atoms with Crippen LogP contribution in [0, 0.1) is 0 Å². The van der Waals surface area contributed by atoms with Crippen LogP contribution < -0.4 is 5.32 Å². The predicted octanol–water partition coefficient (Wildman–Crippen LogP) is 0.827. The first-order valence-corrected chi connectivity index (χ1v) is 4.89. The number of carbonyl (C=O) groups excluding carboxylic acids is 1. The Morgan fingerprint density at radius 2 is 2.38 bits per heavy atom. The lowest BCUT2D eigenvalue weighted by Crippen LogP contribution is -2.39. The Morgan fingerprint density at radius 1 is 1.62 bits per heavy atom. The summed E-state index contributed by atoms with van der Waals surface area (Å²) in [5.41, 5.74) is 0. The molecule has 0 aromatic carbocycles. The maximum absolute atomic E-state index is 11.4. The third kappa shape index (κ3) is 2.88. The third-order valence-electron chi connectivity index (χ3n) is 2.30. The lowest BCUT2D eigenvalue weighted by molar-refractivity contribution is 0.0958. The normalized spacial score (nSPS) is 23.8. The second kappa shape index (κ2) is 5.07. The first-order chi connectivity index (χ1) is 6.25. The van der Waals surface area contributed by atoms with Gasteiger partial charge in [0, 0.05) is 19.1 Å². The molecule has 13 heavy (non-hydrogen) atoms. The van der Waals surface area contributed by atoms with Crippen LogP contribution in [-0.2, 0) is 4.74 Å². The van der Waals surface area contributed by atoms with E-state index in [-0.39, 0.29) is 12.1 Å². The zero-order valence-corrected chi connectivity index (χ0v) is 8.38. The molecule has 1 rings (SSSR count). The average molecular weight is 186 g/mol. The maximum atomic E-state index is 11.4. The highest BCUT2D eigenvalue weighted by molar-refractivity contribution is 5.68. The summed E-state index contributed by atoms with van der Waals surface area (Å²) in [5, 5.41) is 3.26. The summed E-state index contributed by atoms with van der Waals surface area (Å²) in [6.07, 6.45) is 0.817. The van der Waals surface area contributed by atoms with Gasteiger partial charge in [0.05, 0.1) is 6.61 Å². The van der Waals surface area contributed by atoms with E-state index in [9.17, 15) is 4.79 Å². The Morgan fingerprint density at radius 3 is 3.08 bits per heavy atom. The summed E-state index contributed by atoms with van der Waals surface area (Å²) in [6.45, 7) is 6.94. The topological polar surface area (TPSA) is 41.6 Å². The molecule has 76 valence electrons. The van der Waals surface area contributed by atoms with E-state index in [0.29, 0.717) is 6.61 Å². The molecule has 4 nitrogen and oxygen atoms in total. The standard InChI is InChI=1S/C9H18N2O2/c1-3-13-9(12)11-7-6-10-5-4-8(11)2/h8,10H,3-7H2,1-2H3. The molecule has 0 bridgehead atoms. The van der Waals surface area contributed by atoms with Crippen molar-refractivity contribution in [3.8, 4) is 0 Å². The first-order valence-electron chi connectivity index (χ1n) is 4.89. The van der Waals surface area contributed by atoms with Gasteiger partial charge in [-0.3, -0.25) is 0 Å². The number of nitrogens with zero attached hydrogens (tertiary/aromatic N) is 1. The molecule has 1 heterocycles. The van der Waals surface area contributed by atoms with E-state index in [1.54, 1.807) is 4.90 Å². The molecular weight excluding hydrogens is 168 g/mol. The molecule has 0 aromatic rings. The van der Waals surface area contributed by atoms with Gasteiger partial charge in [0.1, 0.15) is 0 Å². The number of ether oxygens (including phenoxy) is 1. The highest BCUT2D eigenvalue weighted by Gasteiger charge is 2.22.